The molecule has 1 aliphatic heterocycles. The molecule has 4 rings (SSSR count). The molecule has 2 aromatic heterocycles. The van der Waals surface area contributed by atoms with Crippen molar-refractivity contribution in [1.82, 2.24) is 15.0 Å². The Morgan fingerprint density at radius 1 is 1.15 bits per heavy atom. The van der Waals surface area contributed by atoms with Gasteiger partial charge in [-0.1, -0.05) is 17.7 Å². The van der Waals surface area contributed by atoms with Crippen LogP contribution < -0.4 is 10.6 Å². The molecule has 0 amide bonds. The molecule has 2 N–H and O–H groups in total. The van der Waals surface area contributed by atoms with Crippen molar-refractivity contribution in [1.29, 1.82) is 0 Å². The summed E-state index contributed by atoms with van der Waals surface area (Å²) in [5.41, 5.74) is 6.86. The predicted molar refractivity (Wildman–Crippen MR) is 124 cm³/mol. The molecule has 3 heterocycles. The van der Waals surface area contributed by atoms with Crippen LogP contribution >= 0.6 is 11.6 Å². The molecule has 11 heteroatoms. The number of benzene rings is 1. The minimum atomic E-state index is -4.02. The highest BCUT2D eigenvalue weighted by atomic mass is 35.5. The topological polar surface area (TPSA) is 111 Å². The average Bonchev–Trinajstić information content (AvgIpc) is 2.79. The van der Waals surface area contributed by atoms with Crippen molar-refractivity contribution < 1.29 is 17.5 Å². The van der Waals surface area contributed by atoms with Gasteiger partial charge in [0.15, 0.2) is 9.84 Å². The maximum Gasteiger partial charge on any atom is 0.226 e. The number of halogens is 2. The molecule has 0 aliphatic carbocycles. The third kappa shape index (κ3) is 4.50. The zero-order valence-corrected chi connectivity index (χ0v) is 19.7. The van der Waals surface area contributed by atoms with Crippen LogP contribution in [-0.4, -0.2) is 49.7 Å². The Hall–Kier alpha value is -2.82. The van der Waals surface area contributed by atoms with Gasteiger partial charge in [-0.25, -0.2) is 27.8 Å². The molecule has 0 spiro atoms. The van der Waals surface area contributed by atoms with Crippen molar-refractivity contribution in [2.24, 2.45) is 0 Å². The molecule has 1 aliphatic rings. The van der Waals surface area contributed by atoms with E-state index in [1.807, 2.05) is 4.90 Å². The third-order valence-corrected chi connectivity index (χ3v) is 8.29. The maximum absolute atomic E-state index is 13.8. The van der Waals surface area contributed by atoms with E-state index in [0.717, 1.165) is 6.07 Å². The average molecular weight is 492 g/mol. The fraction of sp³-hybridized carbons (Fsp3) is 0.318. The monoisotopic (exact) mass is 491 g/mol. The SMILES string of the molecule is CC(C)(c1cc(-c2cnc(N)cc2Cl)nc(N2CCOCC2)n1)S(=O)(=O)c1cccc(F)c1. The lowest BCUT2D eigenvalue weighted by Crippen LogP contribution is -2.38. The van der Waals surface area contributed by atoms with Crippen LogP contribution in [0.1, 0.15) is 19.5 Å². The van der Waals surface area contributed by atoms with Crippen molar-refractivity contribution in [2.75, 3.05) is 36.9 Å². The molecule has 174 valence electrons. The van der Waals surface area contributed by atoms with Crippen molar-refractivity contribution in [2.45, 2.75) is 23.5 Å². The first-order valence-corrected chi connectivity index (χ1v) is 12.1. The number of pyridine rings is 1. The fourth-order valence-electron chi connectivity index (χ4n) is 3.49. The fourth-order valence-corrected chi connectivity index (χ4v) is 5.24. The lowest BCUT2D eigenvalue weighted by molar-refractivity contribution is 0.122. The van der Waals surface area contributed by atoms with Crippen LogP contribution in [0.25, 0.3) is 11.3 Å². The van der Waals surface area contributed by atoms with Gasteiger partial charge in [0.1, 0.15) is 16.4 Å². The first-order valence-electron chi connectivity index (χ1n) is 10.2. The lowest BCUT2D eigenvalue weighted by atomic mass is 10.1. The van der Waals surface area contributed by atoms with Crippen molar-refractivity contribution in [3.8, 4) is 11.3 Å². The summed E-state index contributed by atoms with van der Waals surface area (Å²) in [4.78, 5) is 15.1. The highest BCUT2D eigenvalue weighted by molar-refractivity contribution is 7.92. The molecule has 0 bridgehead atoms. The molecule has 3 aromatic rings. The summed E-state index contributed by atoms with van der Waals surface area (Å²) in [6.45, 7) is 5.16. The van der Waals surface area contributed by atoms with Gasteiger partial charge in [0.05, 0.1) is 34.5 Å². The van der Waals surface area contributed by atoms with Crippen LogP contribution in [0.3, 0.4) is 0 Å². The normalized spacial score (nSPS) is 15.0. The minimum Gasteiger partial charge on any atom is -0.384 e. The molecule has 8 nitrogen and oxygen atoms in total. The van der Waals surface area contributed by atoms with E-state index in [4.69, 9.17) is 22.1 Å². The van der Waals surface area contributed by atoms with E-state index in [2.05, 4.69) is 15.0 Å². The highest BCUT2D eigenvalue weighted by Crippen LogP contribution is 2.37. The van der Waals surface area contributed by atoms with E-state index in [1.165, 1.54) is 44.3 Å². The molecule has 1 aromatic carbocycles. The van der Waals surface area contributed by atoms with Gasteiger partial charge in [0.25, 0.3) is 0 Å². The summed E-state index contributed by atoms with van der Waals surface area (Å²) in [6, 6.07) is 8.00. The maximum atomic E-state index is 13.8. The second kappa shape index (κ2) is 8.85. The third-order valence-electron chi connectivity index (χ3n) is 5.55. The number of nitrogen functional groups attached to an aromatic ring is 1. The Bertz CT molecular complexity index is 1300. The Kier molecular flexibility index (Phi) is 6.26. The Morgan fingerprint density at radius 3 is 2.55 bits per heavy atom. The number of nitrogens with zero attached hydrogens (tertiary/aromatic N) is 4. The number of rotatable bonds is 5. The Labute approximate surface area is 196 Å². The molecule has 0 atom stereocenters. The summed E-state index contributed by atoms with van der Waals surface area (Å²) in [6.07, 6.45) is 1.49. The van der Waals surface area contributed by atoms with Crippen molar-refractivity contribution >= 4 is 33.2 Å². The Balaban J connectivity index is 1.89. The number of hydrogen-bond acceptors (Lipinski definition) is 8. The second-order valence-electron chi connectivity index (χ2n) is 8.10. The number of aromatic nitrogens is 3. The number of morpholine rings is 1. The molecular formula is C22H23ClFN5O3S. The standard InChI is InChI=1S/C22H23ClFN5O3S/c1-22(2,33(30,31)15-5-3-4-14(24)10-15)19-12-18(16-13-26-20(25)11-17(16)23)27-21(28-19)29-6-8-32-9-7-29/h3-5,10-13H,6-9H2,1-2H3,(H2,25,26). The van der Waals surface area contributed by atoms with E-state index >= 15 is 0 Å². The van der Waals surface area contributed by atoms with Crippen molar-refractivity contribution in [3.63, 3.8) is 0 Å². The minimum absolute atomic E-state index is 0.132. The van der Waals surface area contributed by atoms with E-state index in [-0.39, 0.29) is 16.4 Å². The molecule has 0 unspecified atom stereocenters. The van der Waals surface area contributed by atoms with Gasteiger partial charge in [-0.3, -0.25) is 0 Å². The number of ether oxygens (including phenoxy) is 1. The lowest BCUT2D eigenvalue weighted by Gasteiger charge is -2.30. The van der Waals surface area contributed by atoms with Crippen LogP contribution in [-0.2, 0) is 19.3 Å². The summed E-state index contributed by atoms with van der Waals surface area (Å²) in [7, 11) is -4.02. The summed E-state index contributed by atoms with van der Waals surface area (Å²) >= 11 is 6.40. The quantitative estimate of drug-likeness (QED) is 0.577. The first-order chi connectivity index (χ1) is 15.6. The summed E-state index contributed by atoms with van der Waals surface area (Å²) in [5, 5.41) is 0.325. The highest BCUT2D eigenvalue weighted by Gasteiger charge is 2.40. The van der Waals surface area contributed by atoms with E-state index in [9.17, 15) is 12.8 Å². The van der Waals surface area contributed by atoms with Crippen LogP contribution in [0.2, 0.25) is 5.02 Å². The molecule has 0 saturated carbocycles. The first kappa shape index (κ1) is 23.3. The van der Waals surface area contributed by atoms with Gasteiger partial charge in [-0.2, -0.15) is 0 Å². The molecule has 33 heavy (non-hydrogen) atoms. The molecule has 1 fully saturated rings. The van der Waals surface area contributed by atoms with Gasteiger partial charge in [-0.05, 0) is 44.2 Å². The van der Waals surface area contributed by atoms with E-state index in [1.54, 1.807) is 6.07 Å². The number of anilines is 2. The van der Waals surface area contributed by atoms with E-state index in [0.29, 0.717) is 48.5 Å². The molecule has 1 saturated heterocycles. The van der Waals surface area contributed by atoms with Gasteiger partial charge in [0, 0.05) is 24.8 Å². The van der Waals surface area contributed by atoms with Gasteiger partial charge < -0.3 is 15.4 Å². The van der Waals surface area contributed by atoms with Crippen LogP contribution in [0.5, 0.6) is 0 Å². The zero-order chi connectivity index (χ0) is 23.8. The van der Waals surface area contributed by atoms with E-state index < -0.39 is 20.4 Å². The summed E-state index contributed by atoms with van der Waals surface area (Å²) < 4.78 is 44.8. The van der Waals surface area contributed by atoms with Gasteiger partial charge >= 0.3 is 0 Å². The van der Waals surface area contributed by atoms with Crippen LogP contribution in [0.4, 0.5) is 16.2 Å². The Morgan fingerprint density at radius 2 is 1.88 bits per heavy atom. The van der Waals surface area contributed by atoms with Crippen LogP contribution in [0, 0.1) is 5.82 Å². The summed E-state index contributed by atoms with van der Waals surface area (Å²) in [5.74, 6) is -0.0364. The van der Waals surface area contributed by atoms with Gasteiger partial charge in [0.2, 0.25) is 5.95 Å². The second-order valence-corrected chi connectivity index (χ2v) is 11.0. The number of sulfone groups is 1. The number of nitrogens with two attached hydrogens (primary N) is 1. The smallest absolute Gasteiger partial charge is 0.226 e. The van der Waals surface area contributed by atoms with Gasteiger partial charge in [-0.15, -0.1) is 0 Å². The zero-order valence-electron chi connectivity index (χ0n) is 18.1. The largest absolute Gasteiger partial charge is 0.384 e. The molecular weight excluding hydrogens is 469 g/mol. The predicted octanol–water partition coefficient (Wildman–Crippen LogP) is 3.46. The number of hydrogen-bond donors (Lipinski definition) is 1. The molecule has 0 radical (unpaired) electrons. The van der Waals surface area contributed by atoms with Crippen LogP contribution in [0.15, 0.2) is 47.5 Å². The van der Waals surface area contributed by atoms with Crippen molar-refractivity contribution in [3.05, 3.63) is 59.1 Å².